The average molecular weight is 855 g/mol. The fraction of sp³-hybridized carbons (Fsp3) is 0.857. The number of unbranched alkanes of at least 4 members (excludes halogenated alkanes) is 1. The number of allylic oxidation sites excluding steroid dienone is 1. The molecular weight excluding hydrogens is 793 g/mol. The maximum Gasteiger partial charge on any atom is 0.460 e. The van der Waals surface area contributed by atoms with Gasteiger partial charge in [0.1, 0.15) is 18.2 Å². The third-order valence-electron chi connectivity index (χ3n) is 16.2. The molecule has 1 heterocycles. The summed E-state index contributed by atoms with van der Waals surface area (Å²) in [5.74, 6) is -17.8. The van der Waals surface area contributed by atoms with Crippen LogP contribution in [0.1, 0.15) is 113 Å². The van der Waals surface area contributed by atoms with Gasteiger partial charge in [0.05, 0.1) is 19.1 Å². The zero-order valence-electron chi connectivity index (χ0n) is 35.2. The van der Waals surface area contributed by atoms with Gasteiger partial charge in [-0.3, -0.25) is 19.2 Å². The molecule has 0 radical (unpaired) electrons. The lowest BCUT2D eigenvalue weighted by Crippen LogP contribution is -2.70. The minimum atomic E-state index is -6.65. The summed E-state index contributed by atoms with van der Waals surface area (Å²) >= 11 is 0. The molecule has 2 bridgehead atoms. The molecule has 1 amide bonds. The topological polar surface area (TPSA) is 154 Å². The maximum atomic E-state index is 13.7. The molecule has 5 aliphatic rings. The number of nitrogens with one attached hydrogen (secondary N) is 1. The van der Waals surface area contributed by atoms with Gasteiger partial charge in [-0.15, -0.1) is 0 Å². The van der Waals surface area contributed by atoms with Gasteiger partial charge >= 0.3 is 35.9 Å². The number of aliphatic carboxylic acids is 1. The number of carboxylic acids is 1. The lowest BCUT2D eigenvalue weighted by molar-refractivity contribution is -0.344. The lowest BCUT2D eigenvalue weighted by atomic mass is 9.34. The van der Waals surface area contributed by atoms with Crippen molar-refractivity contribution in [2.75, 3.05) is 19.8 Å². The Balaban J connectivity index is 1.34. The Labute approximate surface area is 341 Å². The van der Waals surface area contributed by atoms with Crippen molar-refractivity contribution in [3.05, 3.63) is 11.6 Å². The van der Waals surface area contributed by atoms with E-state index < -0.39 is 94.2 Å². The number of rotatable bonds is 13. The first kappa shape index (κ1) is 47.1. The second-order valence-electron chi connectivity index (χ2n) is 19.6. The Morgan fingerprint density at radius 1 is 0.949 bits per heavy atom. The lowest BCUT2D eigenvalue weighted by Gasteiger charge is -2.71. The highest BCUT2D eigenvalue weighted by atomic mass is 19.4. The standard InChI is InChI=1S/C42H61F7N2O8/c1-22(2)23(3)35(5)16-17-37(7)25-12-13-29-36(6)20-57-21-39(29,26(25)14-15-38(37,8)30(35)32(53)54)19-28(58-24(4)52)31(36)59-33(55)27(50)11-9-10-18-51-34(56)40(43,44)41(45,46)42(47,48)49/h14,22-23,25,27-31H,9-13,15-21,50H2,1-8H3,(H,51,56)(H,53,54)/t23-,25+,27?,28-,29+,30-,31+,35-,36+,37-,38+,39+/m1/s1. The zero-order valence-corrected chi connectivity index (χ0v) is 35.2. The summed E-state index contributed by atoms with van der Waals surface area (Å²) in [6.07, 6.45) is -2.66. The maximum absolute atomic E-state index is 13.7. The Bertz CT molecular complexity index is 1690. The van der Waals surface area contributed by atoms with Crippen LogP contribution >= 0.6 is 0 Å². The van der Waals surface area contributed by atoms with Crippen LogP contribution in [0.15, 0.2) is 11.6 Å². The van der Waals surface area contributed by atoms with Gasteiger partial charge in [0.15, 0.2) is 0 Å². The summed E-state index contributed by atoms with van der Waals surface area (Å²) in [4.78, 5) is 51.2. The van der Waals surface area contributed by atoms with E-state index in [0.717, 1.165) is 25.7 Å². The molecule has 0 spiro atoms. The molecule has 4 aliphatic carbocycles. The van der Waals surface area contributed by atoms with Crippen LogP contribution in [0.3, 0.4) is 0 Å². The second kappa shape index (κ2) is 15.7. The highest BCUT2D eigenvalue weighted by Crippen LogP contribution is 2.75. The molecule has 10 nitrogen and oxygen atoms in total. The van der Waals surface area contributed by atoms with Crippen LogP contribution in [-0.4, -0.2) is 85.0 Å². The third kappa shape index (κ3) is 7.36. The van der Waals surface area contributed by atoms with E-state index in [1.165, 1.54) is 17.8 Å². The first-order chi connectivity index (χ1) is 27.0. The summed E-state index contributed by atoms with van der Waals surface area (Å²) in [6, 6.07) is -1.29. The summed E-state index contributed by atoms with van der Waals surface area (Å²) in [7, 11) is 0. The predicted octanol–water partition coefficient (Wildman–Crippen LogP) is 7.87. The fourth-order valence-electron chi connectivity index (χ4n) is 12.6. The van der Waals surface area contributed by atoms with E-state index in [-0.39, 0.29) is 55.5 Å². The first-order valence-electron chi connectivity index (χ1n) is 20.7. The van der Waals surface area contributed by atoms with Crippen LogP contribution in [0, 0.1) is 56.7 Å². The van der Waals surface area contributed by atoms with Gasteiger partial charge < -0.3 is 30.4 Å². The van der Waals surface area contributed by atoms with E-state index in [9.17, 15) is 55.0 Å². The molecule has 17 heteroatoms. The first-order valence-corrected chi connectivity index (χ1v) is 20.7. The van der Waals surface area contributed by atoms with E-state index in [1.54, 1.807) is 0 Å². The van der Waals surface area contributed by atoms with E-state index in [1.807, 2.05) is 6.92 Å². The van der Waals surface area contributed by atoms with E-state index in [2.05, 4.69) is 47.6 Å². The van der Waals surface area contributed by atoms with Crippen LogP contribution < -0.4 is 11.1 Å². The fourth-order valence-corrected chi connectivity index (χ4v) is 12.6. The van der Waals surface area contributed by atoms with Gasteiger partial charge in [-0.2, -0.15) is 30.7 Å². The normalized spacial score (nSPS) is 38.1. The molecule has 1 unspecified atom stereocenters. The van der Waals surface area contributed by atoms with Crippen molar-refractivity contribution in [1.29, 1.82) is 0 Å². The molecule has 336 valence electrons. The van der Waals surface area contributed by atoms with Crippen LogP contribution in [0.4, 0.5) is 30.7 Å². The van der Waals surface area contributed by atoms with Gasteiger partial charge in [-0.05, 0) is 97.7 Å². The molecule has 1 aliphatic heterocycles. The molecule has 3 saturated carbocycles. The minimum Gasteiger partial charge on any atom is -0.481 e. The van der Waals surface area contributed by atoms with E-state index >= 15 is 0 Å². The molecule has 12 atom stereocenters. The summed E-state index contributed by atoms with van der Waals surface area (Å²) in [5.41, 5.74) is 4.57. The van der Waals surface area contributed by atoms with Crippen molar-refractivity contribution in [2.24, 2.45) is 62.4 Å². The number of hydrogen-bond donors (Lipinski definition) is 3. The number of carbonyl (C=O) groups is 4. The van der Waals surface area contributed by atoms with Crippen LogP contribution in [0.2, 0.25) is 0 Å². The number of ether oxygens (including phenoxy) is 3. The number of carboxylic acid groups (broad SMARTS) is 1. The zero-order chi connectivity index (χ0) is 44.5. The quantitative estimate of drug-likeness (QED) is 0.0727. The summed E-state index contributed by atoms with van der Waals surface area (Å²) in [6.45, 7) is 16.1. The van der Waals surface area contributed by atoms with Crippen LogP contribution in [0.25, 0.3) is 0 Å². The average Bonchev–Trinajstić information content (AvgIpc) is 3.11. The van der Waals surface area contributed by atoms with Crippen molar-refractivity contribution < 1.29 is 69.2 Å². The van der Waals surface area contributed by atoms with Gasteiger partial charge in [0.25, 0.3) is 5.91 Å². The molecule has 1 saturated heterocycles. The van der Waals surface area contributed by atoms with Crippen molar-refractivity contribution in [2.45, 2.75) is 149 Å². The highest BCUT2D eigenvalue weighted by Gasteiger charge is 2.76. The smallest absolute Gasteiger partial charge is 0.460 e. The van der Waals surface area contributed by atoms with Crippen molar-refractivity contribution in [3.8, 4) is 0 Å². The molecule has 4 N–H and O–H groups in total. The second-order valence-corrected chi connectivity index (χ2v) is 19.6. The van der Waals surface area contributed by atoms with Crippen LogP contribution in [0.5, 0.6) is 0 Å². The third-order valence-corrected chi connectivity index (χ3v) is 16.2. The van der Waals surface area contributed by atoms with Crippen LogP contribution in [-0.2, 0) is 33.4 Å². The molecule has 0 aromatic heterocycles. The van der Waals surface area contributed by atoms with Gasteiger partial charge in [-0.25, -0.2) is 0 Å². The molecule has 59 heavy (non-hydrogen) atoms. The van der Waals surface area contributed by atoms with Crippen molar-refractivity contribution >= 4 is 23.8 Å². The molecule has 0 aromatic rings. The minimum absolute atomic E-state index is 0.0204. The monoisotopic (exact) mass is 854 g/mol. The Hall–Kier alpha value is -2.95. The summed E-state index contributed by atoms with van der Waals surface area (Å²) < 4.78 is 110. The van der Waals surface area contributed by atoms with Gasteiger partial charge in [0.2, 0.25) is 0 Å². The van der Waals surface area contributed by atoms with Crippen molar-refractivity contribution in [3.63, 3.8) is 0 Å². The Morgan fingerprint density at radius 3 is 2.17 bits per heavy atom. The van der Waals surface area contributed by atoms with Crippen molar-refractivity contribution in [1.82, 2.24) is 5.32 Å². The highest BCUT2D eigenvalue weighted by molar-refractivity contribution is 5.84. The molecule has 5 rings (SSSR count). The Kier molecular flexibility index (Phi) is 12.6. The number of nitrogens with two attached hydrogens (primary N) is 1. The number of hydrogen-bond acceptors (Lipinski definition) is 8. The molecule has 4 fully saturated rings. The van der Waals surface area contributed by atoms with E-state index in [0.29, 0.717) is 18.9 Å². The SMILES string of the molecule is CC(=O)O[C@@H]1C[C@@]23COC[C@@](C)([C@@H]2CC[C@H]2C3=CC[C@@]3(C)[C@H](C(=O)O)[C@@](C)([C@H](C)C(C)C)CC[C@]23C)[C@H]1OC(=O)C(N)CCCCNC(=O)C(F)(F)C(F)(F)C(F)(F)F. The number of carbonyl (C=O) groups excluding carboxylic acids is 3. The van der Waals surface area contributed by atoms with Gasteiger partial charge in [-0.1, -0.05) is 60.1 Å². The van der Waals surface area contributed by atoms with Gasteiger partial charge in [0, 0.05) is 24.3 Å². The molecule has 0 aromatic carbocycles. The Morgan fingerprint density at radius 2 is 1.59 bits per heavy atom. The number of halogens is 7. The molecular formula is C42H61F7N2O8. The largest absolute Gasteiger partial charge is 0.481 e. The predicted molar refractivity (Wildman–Crippen MR) is 200 cm³/mol. The number of fused-ring (bicyclic) bond motifs is 3. The number of amides is 1. The number of esters is 2. The summed E-state index contributed by atoms with van der Waals surface area (Å²) in [5, 5.41) is 12.4. The number of alkyl halides is 7. The van der Waals surface area contributed by atoms with E-state index in [4.69, 9.17) is 19.9 Å².